The summed E-state index contributed by atoms with van der Waals surface area (Å²) in [6.45, 7) is 0. The number of aromatic nitrogens is 2. The number of pyridine rings is 1. The molecule has 0 fully saturated rings. The minimum atomic E-state index is 0.593. The van der Waals surface area contributed by atoms with E-state index in [-0.39, 0.29) is 0 Å². The zero-order valence-corrected chi connectivity index (χ0v) is 28.8. The molecule has 248 valence electrons. The van der Waals surface area contributed by atoms with Gasteiger partial charge in [-0.2, -0.15) is 0 Å². The molecule has 0 spiro atoms. The van der Waals surface area contributed by atoms with Gasteiger partial charge in [-0.15, -0.1) is 0 Å². The second kappa shape index (κ2) is 12.9. The molecule has 10 aromatic rings. The standard InChI is InChI=1S/C50H32N2O/c1-2-9-41-29-42(27-20-33(41)7-1)34-14-23-39(24-15-34)47-30-44(36-16-21-38(22-17-36)46-13-5-10-37-8-3-4-12-45(37)46)31-48-49(47)52-50(53-48)40-25-18-35(19-26-40)43-11-6-28-51-32-43/h1-32H. The van der Waals surface area contributed by atoms with Crippen molar-refractivity contribution in [3.05, 3.63) is 194 Å². The van der Waals surface area contributed by atoms with E-state index in [1.54, 1.807) is 6.20 Å². The van der Waals surface area contributed by atoms with E-state index < -0.39 is 0 Å². The maximum Gasteiger partial charge on any atom is 0.227 e. The van der Waals surface area contributed by atoms with Crippen LogP contribution < -0.4 is 0 Å². The van der Waals surface area contributed by atoms with Crippen LogP contribution in [0.2, 0.25) is 0 Å². The van der Waals surface area contributed by atoms with Gasteiger partial charge in [0.1, 0.15) is 5.52 Å². The smallest absolute Gasteiger partial charge is 0.227 e. The Morgan fingerprint density at radius 2 is 0.962 bits per heavy atom. The van der Waals surface area contributed by atoms with Crippen LogP contribution in [-0.4, -0.2) is 9.97 Å². The maximum absolute atomic E-state index is 6.58. The predicted octanol–water partition coefficient (Wildman–Crippen LogP) is 13.5. The Balaban J connectivity index is 1.06. The molecule has 53 heavy (non-hydrogen) atoms. The van der Waals surface area contributed by atoms with Crippen molar-refractivity contribution in [3.8, 4) is 67.1 Å². The lowest BCUT2D eigenvalue weighted by Crippen LogP contribution is -1.87. The molecule has 0 aliphatic heterocycles. The molecule has 0 saturated heterocycles. The lowest BCUT2D eigenvalue weighted by Gasteiger charge is -2.11. The third-order valence-corrected chi connectivity index (χ3v) is 10.2. The van der Waals surface area contributed by atoms with E-state index in [2.05, 4.69) is 181 Å². The molecule has 0 N–H and O–H groups in total. The highest BCUT2D eigenvalue weighted by molar-refractivity contribution is 5.99. The number of benzene rings is 8. The van der Waals surface area contributed by atoms with E-state index in [9.17, 15) is 0 Å². The highest BCUT2D eigenvalue weighted by Crippen LogP contribution is 2.39. The second-order valence-corrected chi connectivity index (χ2v) is 13.5. The SMILES string of the molecule is c1cncc(-c2ccc(-c3nc4c(-c5ccc(-c6ccc7ccccc7c6)cc5)cc(-c5ccc(-c6cccc7ccccc67)cc5)cc4o3)cc2)c1. The fourth-order valence-electron chi connectivity index (χ4n) is 7.41. The maximum atomic E-state index is 6.58. The highest BCUT2D eigenvalue weighted by atomic mass is 16.3. The van der Waals surface area contributed by atoms with Crippen molar-refractivity contribution in [1.82, 2.24) is 9.97 Å². The van der Waals surface area contributed by atoms with Gasteiger partial charge >= 0.3 is 0 Å². The molecular weight excluding hydrogens is 645 g/mol. The summed E-state index contributed by atoms with van der Waals surface area (Å²) in [5.41, 5.74) is 13.8. The molecule has 0 aliphatic rings. The van der Waals surface area contributed by atoms with Crippen LogP contribution in [0.15, 0.2) is 199 Å². The third kappa shape index (κ3) is 5.75. The molecule has 2 aromatic heterocycles. The Hall–Kier alpha value is -7.10. The molecule has 0 amide bonds. The van der Waals surface area contributed by atoms with E-state index in [1.165, 1.54) is 43.8 Å². The van der Waals surface area contributed by atoms with Crippen LogP contribution >= 0.6 is 0 Å². The summed E-state index contributed by atoms with van der Waals surface area (Å²) in [5.74, 6) is 0.593. The van der Waals surface area contributed by atoms with Crippen LogP contribution in [0, 0.1) is 0 Å². The van der Waals surface area contributed by atoms with Crippen molar-refractivity contribution in [3.63, 3.8) is 0 Å². The summed E-state index contributed by atoms with van der Waals surface area (Å²) in [6.07, 6.45) is 3.67. The Bertz CT molecular complexity index is 2900. The van der Waals surface area contributed by atoms with Crippen LogP contribution in [0.4, 0.5) is 0 Å². The van der Waals surface area contributed by atoms with Crippen LogP contribution in [0.1, 0.15) is 0 Å². The van der Waals surface area contributed by atoms with E-state index in [0.29, 0.717) is 5.89 Å². The fourth-order valence-corrected chi connectivity index (χ4v) is 7.41. The van der Waals surface area contributed by atoms with Gasteiger partial charge in [0.15, 0.2) is 5.58 Å². The third-order valence-electron chi connectivity index (χ3n) is 10.2. The Morgan fingerprint density at radius 3 is 1.72 bits per heavy atom. The molecule has 3 heteroatoms. The van der Waals surface area contributed by atoms with Crippen molar-refractivity contribution in [2.24, 2.45) is 0 Å². The number of fused-ring (bicyclic) bond motifs is 3. The lowest BCUT2D eigenvalue weighted by atomic mass is 9.94. The van der Waals surface area contributed by atoms with Crippen molar-refractivity contribution < 1.29 is 4.42 Å². The van der Waals surface area contributed by atoms with Crippen molar-refractivity contribution >= 4 is 32.6 Å². The molecule has 3 nitrogen and oxygen atoms in total. The summed E-state index contributed by atoms with van der Waals surface area (Å²) in [7, 11) is 0. The van der Waals surface area contributed by atoms with Gasteiger partial charge in [-0.05, 0) is 108 Å². The first kappa shape index (κ1) is 30.7. The first-order valence-electron chi connectivity index (χ1n) is 17.9. The summed E-state index contributed by atoms with van der Waals surface area (Å²) in [4.78, 5) is 9.39. The molecule has 0 saturated carbocycles. The first-order chi connectivity index (χ1) is 26.2. The quantitative estimate of drug-likeness (QED) is 0.176. The molecule has 0 bridgehead atoms. The van der Waals surface area contributed by atoms with Gasteiger partial charge in [0.2, 0.25) is 5.89 Å². The van der Waals surface area contributed by atoms with E-state index in [4.69, 9.17) is 9.40 Å². The number of hydrogen-bond donors (Lipinski definition) is 0. The van der Waals surface area contributed by atoms with Crippen LogP contribution in [-0.2, 0) is 0 Å². The Kier molecular flexibility index (Phi) is 7.47. The van der Waals surface area contributed by atoms with Gasteiger partial charge in [-0.1, -0.05) is 146 Å². The molecule has 0 aliphatic carbocycles. The molecule has 8 aromatic carbocycles. The van der Waals surface area contributed by atoms with Crippen molar-refractivity contribution in [2.45, 2.75) is 0 Å². The molecule has 10 rings (SSSR count). The van der Waals surface area contributed by atoms with Crippen LogP contribution in [0.5, 0.6) is 0 Å². The normalized spacial score (nSPS) is 11.4. The van der Waals surface area contributed by atoms with E-state index in [0.717, 1.165) is 50.0 Å². The number of hydrogen-bond acceptors (Lipinski definition) is 3. The fraction of sp³-hybridized carbons (Fsp3) is 0. The van der Waals surface area contributed by atoms with Gasteiger partial charge in [0.05, 0.1) is 0 Å². The number of nitrogens with zero attached hydrogens (tertiary/aromatic N) is 2. The minimum absolute atomic E-state index is 0.593. The van der Waals surface area contributed by atoms with Crippen LogP contribution in [0.3, 0.4) is 0 Å². The zero-order valence-electron chi connectivity index (χ0n) is 28.8. The van der Waals surface area contributed by atoms with E-state index >= 15 is 0 Å². The highest BCUT2D eigenvalue weighted by Gasteiger charge is 2.17. The van der Waals surface area contributed by atoms with Gasteiger partial charge in [-0.25, -0.2) is 4.98 Å². The largest absolute Gasteiger partial charge is 0.436 e. The average Bonchev–Trinajstić information content (AvgIpc) is 3.68. The van der Waals surface area contributed by atoms with Gasteiger partial charge in [0, 0.05) is 23.5 Å². The predicted molar refractivity (Wildman–Crippen MR) is 219 cm³/mol. The zero-order chi connectivity index (χ0) is 35.1. The Labute approximate surface area is 307 Å². The Morgan fingerprint density at radius 1 is 0.358 bits per heavy atom. The van der Waals surface area contributed by atoms with Crippen molar-refractivity contribution in [2.75, 3.05) is 0 Å². The number of rotatable bonds is 6. The summed E-state index contributed by atoms with van der Waals surface area (Å²) >= 11 is 0. The topological polar surface area (TPSA) is 38.9 Å². The lowest BCUT2D eigenvalue weighted by molar-refractivity contribution is 0.620. The molecule has 0 radical (unpaired) electrons. The summed E-state index contributed by atoms with van der Waals surface area (Å²) < 4.78 is 6.58. The summed E-state index contributed by atoms with van der Waals surface area (Å²) in [6, 6.07) is 64.5. The average molecular weight is 677 g/mol. The molecule has 2 heterocycles. The van der Waals surface area contributed by atoms with Gasteiger partial charge < -0.3 is 4.42 Å². The molecular formula is C50H32N2O. The molecule has 0 unspecified atom stereocenters. The summed E-state index contributed by atoms with van der Waals surface area (Å²) in [5, 5.41) is 4.97. The van der Waals surface area contributed by atoms with Crippen LogP contribution in [0.25, 0.3) is 99.7 Å². The molecule has 0 atom stereocenters. The van der Waals surface area contributed by atoms with Gasteiger partial charge in [-0.3, -0.25) is 4.98 Å². The van der Waals surface area contributed by atoms with Crippen molar-refractivity contribution in [1.29, 1.82) is 0 Å². The monoisotopic (exact) mass is 676 g/mol. The number of oxazole rings is 1. The first-order valence-corrected chi connectivity index (χ1v) is 17.9. The van der Waals surface area contributed by atoms with E-state index in [1.807, 2.05) is 12.3 Å². The minimum Gasteiger partial charge on any atom is -0.436 e. The second-order valence-electron chi connectivity index (χ2n) is 13.5. The van der Waals surface area contributed by atoms with Gasteiger partial charge in [0.25, 0.3) is 0 Å².